The van der Waals surface area contributed by atoms with E-state index < -0.39 is 11.4 Å². The first-order valence-corrected chi connectivity index (χ1v) is 7.87. The quantitative estimate of drug-likeness (QED) is 0.887. The smallest absolute Gasteiger partial charge is 0.310 e. The van der Waals surface area contributed by atoms with Gasteiger partial charge in [-0.1, -0.05) is 18.6 Å². The highest BCUT2D eigenvalue weighted by molar-refractivity contribution is 5.86. The zero-order chi connectivity index (χ0) is 16.6. The number of nitrogens with one attached hydrogen (secondary N) is 1. The number of aryl methyl sites for hydroxylation is 1. The molecule has 2 aromatic rings. The Bertz CT molecular complexity index is 762. The molecule has 1 unspecified atom stereocenters. The van der Waals surface area contributed by atoms with Crippen LogP contribution in [-0.2, 0) is 16.6 Å². The fraction of sp³-hybridized carbons (Fsp3) is 0.471. The Balaban J connectivity index is 1.73. The van der Waals surface area contributed by atoms with Crippen LogP contribution in [0.5, 0.6) is 0 Å². The van der Waals surface area contributed by atoms with Crippen molar-refractivity contribution in [1.82, 2.24) is 14.9 Å². The number of rotatable bonds is 5. The maximum Gasteiger partial charge on any atom is 0.310 e. The van der Waals surface area contributed by atoms with Crippen LogP contribution in [0.25, 0.3) is 11.0 Å². The van der Waals surface area contributed by atoms with Gasteiger partial charge in [-0.05, 0) is 31.9 Å². The van der Waals surface area contributed by atoms with Crippen molar-refractivity contribution in [1.29, 1.82) is 0 Å². The molecule has 0 radical (unpaired) electrons. The van der Waals surface area contributed by atoms with Gasteiger partial charge in [0.2, 0.25) is 5.91 Å². The molecule has 1 aliphatic rings. The number of amides is 1. The van der Waals surface area contributed by atoms with Gasteiger partial charge in [-0.15, -0.1) is 0 Å². The topological polar surface area (TPSA) is 84.2 Å². The van der Waals surface area contributed by atoms with Gasteiger partial charge in [-0.2, -0.15) is 0 Å². The predicted molar refractivity (Wildman–Crippen MR) is 85.8 cm³/mol. The molecule has 23 heavy (non-hydrogen) atoms. The third-order valence-electron chi connectivity index (χ3n) is 4.85. The van der Waals surface area contributed by atoms with Gasteiger partial charge in [0.1, 0.15) is 5.82 Å². The van der Waals surface area contributed by atoms with Crippen molar-refractivity contribution in [2.24, 2.45) is 12.5 Å². The third-order valence-corrected chi connectivity index (χ3v) is 4.85. The summed E-state index contributed by atoms with van der Waals surface area (Å²) >= 11 is 0. The number of hydrogen-bond donors (Lipinski definition) is 2. The van der Waals surface area contributed by atoms with Crippen LogP contribution in [0.2, 0.25) is 0 Å². The zero-order valence-corrected chi connectivity index (χ0v) is 13.4. The summed E-state index contributed by atoms with van der Waals surface area (Å²) in [6.45, 7) is 1.87. The van der Waals surface area contributed by atoms with Crippen LogP contribution >= 0.6 is 0 Å². The van der Waals surface area contributed by atoms with Crippen molar-refractivity contribution in [2.45, 2.75) is 38.6 Å². The number of fused-ring (bicyclic) bond motifs is 1. The number of aliphatic carboxylic acids is 1. The Hall–Kier alpha value is -2.37. The van der Waals surface area contributed by atoms with Crippen LogP contribution in [-0.4, -0.2) is 26.5 Å². The first-order chi connectivity index (χ1) is 10.9. The van der Waals surface area contributed by atoms with Gasteiger partial charge in [0.05, 0.1) is 22.5 Å². The average Bonchev–Trinajstić information content (AvgIpc) is 2.80. The number of benzene rings is 1. The second kappa shape index (κ2) is 5.68. The molecule has 3 rings (SSSR count). The molecule has 2 N–H and O–H groups in total. The summed E-state index contributed by atoms with van der Waals surface area (Å²) in [5.41, 5.74) is 1.02. The van der Waals surface area contributed by atoms with Gasteiger partial charge in [0, 0.05) is 13.5 Å². The molecule has 1 fully saturated rings. The Kier molecular flexibility index (Phi) is 3.83. The Morgan fingerprint density at radius 2 is 2.09 bits per heavy atom. The fourth-order valence-corrected chi connectivity index (χ4v) is 3.29. The number of para-hydroxylation sites is 2. The van der Waals surface area contributed by atoms with E-state index in [-0.39, 0.29) is 18.4 Å². The van der Waals surface area contributed by atoms with Gasteiger partial charge in [0.25, 0.3) is 0 Å². The number of aromatic nitrogens is 2. The number of hydrogen-bond acceptors (Lipinski definition) is 3. The molecule has 0 bridgehead atoms. The van der Waals surface area contributed by atoms with E-state index in [2.05, 4.69) is 10.3 Å². The second-order valence-corrected chi connectivity index (χ2v) is 6.42. The molecular formula is C17H21N3O3. The molecule has 1 heterocycles. The number of carbonyl (C=O) groups is 2. The molecule has 0 saturated heterocycles. The molecular weight excluding hydrogens is 294 g/mol. The molecule has 0 aliphatic heterocycles. The summed E-state index contributed by atoms with van der Waals surface area (Å²) in [5.74, 6) is -0.335. The Labute approximate surface area is 134 Å². The SMILES string of the molecule is CC(NC(=O)CC1(C(=O)O)CCC1)c1nc2ccccc2n1C. The van der Waals surface area contributed by atoms with Crippen molar-refractivity contribution >= 4 is 22.9 Å². The number of carboxylic acids is 1. The summed E-state index contributed by atoms with van der Waals surface area (Å²) in [4.78, 5) is 28.2. The highest BCUT2D eigenvalue weighted by Crippen LogP contribution is 2.44. The summed E-state index contributed by atoms with van der Waals surface area (Å²) in [7, 11) is 1.91. The first kappa shape index (κ1) is 15.5. The van der Waals surface area contributed by atoms with Crippen LogP contribution in [0.15, 0.2) is 24.3 Å². The molecule has 1 aromatic carbocycles. The molecule has 122 valence electrons. The summed E-state index contributed by atoms with van der Waals surface area (Å²) in [6, 6.07) is 7.51. The first-order valence-electron chi connectivity index (χ1n) is 7.87. The molecule has 1 aromatic heterocycles. The Morgan fingerprint density at radius 3 is 2.65 bits per heavy atom. The summed E-state index contributed by atoms with van der Waals surface area (Å²) in [5, 5.41) is 12.2. The van der Waals surface area contributed by atoms with Crippen LogP contribution in [0, 0.1) is 5.41 Å². The third kappa shape index (κ3) is 2.69. The average molecular weight is 315 g/mol. The minimum Gasteiger partial charge on any atom is -0.481 e. The maximum atomic E-state index is 12.3. The van der Waals surface area contributed by atoms with Gasteiger partial charge < -0.3 is 15.0 Å². The van der Waals surface area contributed by atoms with Gasteiger partial charge in [0.15, 0.2) is 0 Å². The summed E-state index contributed by atoms with van der Waals surface area (Å²) < 4.78 is 1.95. The predicted octanol–water partition coefficient (Wildman–Crippen LogP) is 2.40. The van der Waals surface area contributed by atoms with Gasteiger partial charge >= 0.3 is 5.97 Å². The van der Waals surface area contributed by atoms with Crippen LogP contribution < -0.4 is 5.32 Å². The van der Waals surface area contributed by atoms with Crippen molar-refractivity contribution < 1.29 is 14.7 Å². The minimum atomic E-state index is -0.866. The van der Waals surface area contributed by atoms with Crippen LogP contribution in [0.4, 0.5) is 0 Å². The van der Waals surface area contributed by atoms with Gasteiger partial charge in [-0.3, -0.25) is 9.59 Å². The molecule has 6 nitrogen and oxygen atoms in total. The lowest BCUT2D eigenvalue weighted by Gasteiger charge is -2.37. The molecule has 1 amide bonds. The van der Waals surface area contributed by atoms with E-state index in [4.69, 9.17) is 0 Å². The molecule has 0 spiro atoms. The van der Waals surface area contributed by atoms with E-state index in [1.807, 2.05) is 42.8 Å². The van der Waals surface area contributed by atoms with E-state index in [0.29, 0.717) is 12.8 Å². The van der Waals surface area contributed by atoms with Crippen molar-refractivity contribution in [3.63, 3.8) is 0 Å². The van der Waals surface area contributed by atoms with E-state index in [9.17, 15) is 14.7 Å². The number of nitrogens with zero attached hydrogens (tertiary/aromatic N) is 2. The van der Waals surface area contributed by atoms with E-state index in [1.54, 1.807) is 0 Å². The largest absolute Gasteiger partial charge is 0.481 e. The fourth-order valence-electron chi connectivity index (χ4n) is 3.29. The van der Waals surface area contributed by atoms with Gasteiger partial charge in [-0.25, -0.2) is 4.98 Å². The second-order valence-electron chi connectivity index (χ2n) is 6.42. The Morgan fingerprint density at radius 1 is 1.39 bits per heavy atom. The lowest BCUT2D eigenvalue weighted by atomic mass is 9.66. The molecule has 1 aliphatic carbocycles. The van der Waals surface area contributed by atoms with Crippen molar-refractivity contribution in [2.75, 3.05) is 0 Å². The van der Waals surface area contributed by atoms with E-state index in [1.165, 1.54) is 0 Å². The zero-order valence-electron chi connectivity index (χ0n) is 13.4. The van der Waals surface area contributed by atoms with E-state index >= 15 is 0 Å². The normalized spacial score (nSPS) is 17.5. The van der Waals surface area contributed by atoms with Crippen LogP contribution in [0.1, 0.15) is 44.5 Å². The standard InChI is InChI=1S/C17H21N3O3/c1-11(15-19-12-6-3-4-7-13(12)20(15)2)18-14(21)10-17(16(22)23)8-5-9-17/h3-4,6-7,11H,5,8-10H2,1-2H3,(H,18,21)(H,22,23). The molecule has 6 heteroatoms. The lowest BCUT2D eigenvalue weighted by Crippen LogP contribution is -2.43. The summed E-state index contributed by atoms with van der Waals surface area (Å²) in [6.07, 6.45) is 2.07. The highest BCUT2D eigenvalue weighted by Gasteiger charge is 2.46. The maximum absolute atomic E-state index is 12.3. The molecule has 1 saturated carbocycles. The van der Waals surface area contributed by atoms with Crippen molar-refractivity contribution in [3.05, 3.63) is 30.1 Å². The number of imidazole rings is 1. The number of carbonyl (C=O) groups excluding carboxylic acids is 1. The van der Waals surface area contributed by atoms with Crippen LogP contribution in [0.3, 0.4) is 0 Å². The molecule has 1 atom stereocenters. The highest BCUT2D eigenvalue weighted by atomic mass is 16.4. The number of carboxylic acid groups (broad SMARTS) is 1. The lowest BCUT2D eigenvalue weighted by molar-refractivity contribution is -0.157. The van der Waals surface area contributed by atoms with Crippen molar-refractivity contribution in [3.8, 4) is 0 Å². The van der Waals surface area contributed by atoms with E-state index in [0.717, 1.165) is 23.3 Å². The monoisotopic (exact) mass is 315 g/mol. The minimum absolute atomic E-state index is 0.0383.